The Morgan fingerprint density at radius 2 is 1.77 bits per heavy atom. The molecule has 1 amide bonds. The molecule has 0 spiro atoms. The number of amides is 1. The minimum absolute atomic E-state index is 0.0213. The fourth-order valence-electron chi connectivity index (χ4n) is 2.77. The highest BCUT2D eigenvalue weighted by Crippen LogP contribution is 2.32. The second-order valence-corrected chi connectivity index (χ2v) is 7.85. The lowest BCUT2D eigenvalue weighted by Gasteiger charge is -2.24. The Morgan fingerprint density at radius 1 is 1.12 bits per heavy atom. The van der Waals surface area contributed by atoms with Gasteiger partial charge in [0.25, 0.3) is 0 Å². The van der Waals surface area contributed by atoms with Gasteiger partial charge in [-0.25, -0.2) is 0 Å². The molecule has 1 atom stereocenters. The van der Waals surface area contributed by atoms with Crippen molar-refractivity contribution in [2.75, 3.05) is 0 Å². The summed E-state index contributed by atoms with van der Waals surface area (Å²) in [5.41, 5.74) is 1.03. The van der Waals surface area contributed by atoms with Crippen molar-refractivity contribution in [3.63, 3.8) is 0 Å². The summed E-state index contributed by atoms with van der Waals surface area (Å²) in [7, 11) is 0. The number of hydrogen-bond donors (Lipinski definition) is 0. The molecule has 0 bridgehead atoms. The summed E-state index contributed by atoms with van der Waals surface area (Å²) in [6.07, 6.45) is 1.25. The Bertz CT molecular complexity index is 759. The monoisotopic (exact) mass is 369 g/mol. The molecule has 3 rings (SSSR count). The van der Waals surface area contributed by atoms with Crippen molar-refractivity contribution in [2.45, 2.75) is 38.6 Å². The smallest absolute Gasteiger partial charge is 0.223 e. The third-order valence-corrected chi connectivity index (χ3v) is 5.72. The van der Waals surface area contributed by atoms with E-state index in [2.05, 4.69) is 0 Å². The fraction of sp³-hybridized carbons (Fsp3) is 0.333. The zero-order chi connectivity index (χ0) is 18.5. The zero-order valence-electron chi connectivity index (χ0n) is 15.1. The van der Waals surface area contributed by atoms with E-state index in [1.165, 1.54) is 11.8 Å². The highest BCUT2D eigenvalue weighted by Gasteiger charge is 2.33. The lowest BCUT2D eigenvalue weighted by Crippen LogP contribution is -2.31. The number of para-hydroxylation sites is 1. The third-order valence-electron chi connectivity index (χ3n) is 4.25. The maximum Gasteiger partial charge on any atom is 0.223 e. The van der Waals surface area contributed by atoms with Gasteiger partial charge in [0, 0.05) is 18.9 Å². The van der Waals surface area contributed by atoms with Gasteiger partial charge >= 0.3 is 0 Å². The van der Waals surface area contributed by atoms with Crippen molar-refractivity contribution in [3.8, 4) is 11.5 Å². The van der Waals surface area contributed by atoms with Gasteiger partial charge in [0.1, 0.15) is 11.5 Å². The first-order chi connectivity index (χ1) is 12.5. The third kappa shape index (κ3) is 4.67. The standard InChI is InChI=1S/C21H23NO3S/c1-15(2)21(24)26-20-13-12-19(23)22(20)14-16-8-10-18(11-9-16)25-17-6-4-3-5-7-17/h3-11,15,20H,12-14H2,1-2H3. The summed E-state index contributed by atoms with van der Waals surface area (Å²) in [4.78, 5) is 26.1. The van der Waals surface area contributed by atoms with E-state index in [1.807, 2.05) is 73.3 Å². The average molecular weight is 369 g/mol. The number of benzene rings is 2. The van der Waals surface area contributed by atoms with Gasteiger partial charge in [-0.3, -0.25) is 9.59 Å². The fourth-order valence-corrected chi connectivity index (χ4v) is 3.87. The normalized spacial score (nSPS) is 17.0. The summed E-state index contributed by atoms with van der Waals surface area (Å²) in [6, 6.07) is 17.4. The van der Waals surface area contributed by atoms with E-state index in [0.717, 1.165) is 23.5 Å². The van der Waals surface area contributed by atoms with Crippen LogP contribution < -0.4 is 4.74 Å². The molecule has 4 nitrogen and oxygen atoms in total. The molecule has 0 saturated carbocycles. The van der Waals surface area contributed by atoms with Crippen molar-refractivity contribution in [1.82, 2.24) is 4.90 Å². The molecule has 2 aromatic carbocycles. The second kappa shape index (κ2) is 8.41. The summed E-state index contributed by atoms with van der Waals surface area (Å²) in [6.45, 7) is 4.30. The van der Waals surface area contributed by atoms with Crippen LogP contribution in [-0.4, -0.2) is 21.3 Å². The van der Waals surface area contributed by atoms with Gasteiger partial charge in [-0.05, 0) is 36.2 Å². The predicted octanol–water partition coefficient (Wildman–Crippen LogP) is 4.84. The van der Waals surface area contributed by atoms with Gasteiger partial charge in [0.2, 0.25) is 5.91 Å². The van der Waals surface area contributed by atoms with E-state index >= 15 is 0 Å². The molecule has 1 heterocycles. The Morgan fingerprint density at radius 3 is 2.42 bits per heavy atom. The van der Waals surface area contributed by atoms with E-state index in [1.54, 1.807) is 0 Å². The van der Waals surface area contributed by atoms with Gasteiger partial charge in [0.05, 0.1) is 5.37 Å². The van der Waals surface area contributed by atoms with Crippen LogP contribution in [0.15, 0.2) is 54.6 Å². The maximum absolute atomic E-state index is 12.2. The van der Waals surface area contributed by atoms with Crippen LogP contribution in [0, 0.1) is 5.92 Å². The van der Waals surface area contributed by atoms with Crippen LogP contribution in [0.2, 0.25) is 0 Å². The van der Waals surface area contributed by atoms with Crippen molar-refractivity contribution in [2.24, 2.45) is 5.92 Å². The predicted molar refractivity (Wildman–Crippen MR) is 104 cm³/mol. The second-order valence-electron chi connectivity index (χ2n) is 6.67. The van der Waals surface area contributed by atoms with E-state index in [4.69, 9.17) is 4.74 Å². The molecule has 1 unspecified atom stereocenters. The summed E-state index contributed by atoms with van der Waals surface area (Å²) in [5.74, 6) is 1.64. The van der Waals surface area contributed by atoms with Gasteiger partial charge in [0.15, 0.2) is 5.12 Å². The van der Waals surface area contributed by atoms with Crippen molar-refractivity contribution < 1.29 is 14.3 Å². The SMILES string of the molecule is CC(C)C(=O)SC1CCC(=O)N1Cc1ccc(Oc2ccccc2)cc1. The lowest BCUT2D eigenvalue weighted by molar-refractivity contribution is -0.128. The zero-order valence-corrected chi connectivity index (χ0v) is 15.9. The van der Waals surface area contributed by atoms with Crippen LogP contribution in [0.1, 0.15) is 32.3 Å². The molecule has 136 valence electrons. The van der Waals surface area contributed by atoms with Crippen molar-refractivity contribution in [3.05, 3.63) is 60.2 Å². The number of thioether (sulfide) groups is 1. The number of nitrogens with zero attached hydrogens (tertiary/aromatic N) is 1. The van der Waals surface area contributed by atoms with Crippen LogP contribution in [0.3, 0.4) is 0 Å². The van der Waals surface area contributed by atoms with Crippen LogP contribution >= 0.6 is 11.8 Å². The number of carbonyl (C=O) groups excluding carboxylic acids is 2. The van der Waals surface area contributed by atoms with Gasteiger partial charge in [-0.15, -0.1) is 0 Å². The van der Waals surface area contributed by atoms with Crippen molar-refractivity contribution >= 4 is 22.8 Å². The number of likely N-dealkylation sites (tertiary alicyclic amines) is 1. The molecule has 0 aromatic heterocycles. The Hall–Kier alpha value is -2.27. The summed E-state index contributed by atoms with van der Waals surface area (Å²) >= 11 is 1.29. The molecular formula is C21H23NO3S. The minimum atomic E-state index is -0.0577. The molecule has 1 fully saturated rings. The first kappa shape index (κ1) is 18.5. The van der Waals surface area contributed by atoms with Gasteiger partial charge in [-0.1, -0.05) is 55.9 Å². The Labute approximate surface area is 158 Å². The average Bonchev–Trinajstić information content (AvgIpc) is 2.97. The molecule has 2 aromatic rings. The largest absolute Gasteiger partial charge is 0.457 e. The Balaban J connectivity index is 1.63. The molecule has 1 aliphatic rings. The quantitative estimate of drug-likeness (QED) is 0.731. The van der Waals surface area contributed by atoms with Crippen LogP contribution in [0.25, 0.3) is 0 Å². The molecule has 0 aliphatic carbocycles. The van der Waals surface area contributed by atoms with E-state index < -0.39 is 0 Å². The molecule has 26 heavy (non-hydrogen) atoms. The topological polar surface area (TPSA) is 46.6 Å². The first-order valence-electron chi connectivity index (χ1n) is 8.85. The number of rotatable bonds is 6. The van der Waals surface area contributed by atoms with Gasteiger partial charge in [-0.2, -0.15) is 0 Å². The van der Waals surface area contributed by atoms with E-state index in [0.29, 0.717) is 13.0 Å². The van der Waals surface area contributed by atoms with E-state index in [9.17, 15) is 9.59 Å². The van der Waals surface area contributed by atoms with E-state index in [-0.39, 0.29) is 22.3 Å². The Kier molecular flexibility index (Phi) is 5.99. The van der Waals surface area contributed by atoms with Crippen LogP contribution in [-0.2, 0) is 16.1 Å². The molecule has 5 heteroatoms. The minimum Gasteiger partial charge on any atom is -0.457 e. The number of hydrogen-bond acceptors (Lipinski definition) is 4. The first-order valence-corrected chi connectivity index (χ1v) is 9.72. The number of ether oxygens (including phenoxy) is 1. The highest BCUT2D eigenvalue weighted by atomic mass is 32.2. The van der Waals surface area contributed by atoms with Gasteiger partial charge < -0.3 is 9.64 Å². The molecule has 1 aliphatic heterocycles. The maximum atomic E-state index is 12.2. The molecular weight excluding hydrogens is 346 g/mol. The van der Waals surface area contributed by atoms with Crippen LogP contribution in [0.4, 0.5) is 0 Å². The summed E-state index contributed by atoms with van der Waals surface area (Å²) in [5, 5.41) is 0.0824. The highest BCUT2D eigenvalue weighted by molar-refractivity contribution is 8.14. The summed E-state index contributed by atoms with van der Waals surface area (Å²) < 4.78 is 5.80. The van der Waals surface area contributed by atoms with Crippen molar-refractivity contribution in [1.29, 1.82) is 0 Å². The molecule has 0 N–H and O–H groups in total. The lowest BCUT2D eigenvalue weighted by atomic mass is 10.2. The number of carbonyl (C=O) groups is 2. The molecule has 1 saturated heterocycles. The van der Waals surface area contributed by atoms with Crippen LogP contribution in [0.5, 0.6) is 11.5 Å². The molecule has 0 radical (unpaired) electrons.